The highest BCUT2D eigenvalue weighted by molar-refractivity contribution is 14.1. The Kier molecular flexibility index (Phi) is 3.60. The normalized spacial score (nSPS) is 10.8. The fourth-order valence-corrected chi connectivity index (χ4v) is 2.11. The largest absolute Gasteiger partial charge is 0.383 e. The van der Waals surface area contributed by atoms with Crippen molar-refractivity contribution in [3.63, 3.8) is 0 Å². The third-order valence-electron chi connectivity index (χ3n) is 2.45. The molecule has 90 valence electrons. The first-order valence-electron chi connectivity index (χ1n) is 5.43. The Bertz CT molecular complexity index is 535. The van der Waals surface area contributed by atoms with E-state index in [2.05, 4.69) is 44.5 Å². The zero-order chi connectivity index (χ0) is 12.4. The maximum absolute atomic E-state index is 5.91. The molecule has 2 N–H and O–H groups in total. The number of nitrogens with zero attached hydrogens (tertiary/aromatic N) is 4. The number of halogens is 1. The summed E-state index contributed by atoms with van der Waals surface area (Å²) in [6.45, 7) is 2.12. The van der Waals surface area contributed by atoms with Crippen molar-refractivity contribution in [1.82, 2.24) is 19.5 Å². The molecule has 0 aliphatic carbocycles. The molecule has 0 unspecified atom stereocenters. The standard InChI is InChI=1S/C11H14IN5/c1-3-4-7-8(12)9(13)16-10(15-7)11-14-5-6-17(11)2/h5-6H,3-4H2,1-2H3,(H2,13,15,16). The molecule has 2 aromatic rings. The molecule has 0 saturated heterocycles. The van der Waals surface area contributed by atoms with E-state index in [0.717, 1.165) is 27.9 Å². The topological polar surface area (TPSA) is 69.6 Å². The second-order valence-corrected chi connectivity index (χ2v) is 4.88. The molecule has 0 aliphatic heterocycles. The third-order valence-corrected chi connectivity index (χ3v) is 3.63. The van der Waals surface area contributed by atoms with Gasteiger partial charge in [-0.05, 0) is 29.0 Å². The zero-order valence-electron chi connectivity index (χ0n) is 9.81. The molecule has 0 bridgehead atoms. The number of imidazole rings is 1. The monoisotopic (exact) mass is 343 g/mol. The minimum Gasteiger partial charge on any atom is -0.383 e. The van der Waals surface area contributed by atoms with E-state index in [0.29, 0.717) is 11.6 Å². The van der Waals surface area contributed by atoms with Crippen LogP contribution in [-0.4, -0.2) is 19.5 Å². The lowest BCUT2D eigenvalue weighted by Gasteiger charge is -2.08. The van der Waals surface area contributed by atoms with Gasteiger partial charge in [-0.25, -0.2) is 15.0 Å². The molecule has 6 heteroatoms. The molecule has 0 spiro atoms. The lowest BCUT2D eigenvalue weighted by Crippen LogP contribution is -2.07. The minimum absolute atomic E-state index is 0.530. The first kappa shape index (κ1) is 12.3. The molecule has 0 atom stereocenters. The van der Waals surface area contributed by atoms with Crippen molar-refractivity contribution in [3.05, 3.63) is 21.7 Å². The Morgan fingerprint density at radius 2 is 2.18 bits per heavy atom. The van der Waals surface area contributed by atoms with Gasteiger partial charge in [-0.1, -0.05) is 13.3 Å². The molecule has 17 heavy (non-hydrogen) atoms. The lowest BCUT2D eigenvalue weighted by atomic mass is 10.2. The van der Waals surface area contributed by atoms with E-state index in [1.54, 1.807) is 6.20 Å². The Morgan fingerprint density at radius 1 is 1.41 bits per heavy atom. The van der Waals surface area contributed by atoms with Crippen molar-refractivity contribution in [2.24, 2.45) is 7.05 Å². The number of rotatable bonds is 3. The Balaban J connectivity index is 2.53. The van der Waals surface area contributed by atoms with E-state index in [4.69, 9.17) is 5.73 Å². The first-order valence-corrected chi connectivity index (χ1v) is 6.51. The van der Waals surface area contributed by atoms with Crippen molar-refractivity contribution in [2.45, 2.75) is 19.8 Å². The van der Waals surface area contributed by atoms with E-state index < -0.39 is 0 Å². The number of hydrogen-bond acceptors (Lipinski definition) is 4. The number of nitrogen functional groups attached to an aromatic ring is 1. The van der Waals surface area contributed by atoms with Gasteiger partial charge in [-0.15, -0.1) is 0 Å². The van der Waals surface area contributed by atoms with Crippen LogP contribution in [-0.2, 0) is 13.5 Å². The fraction of sp³-hybridized carbons (Fsp3) is 0.364. The van der Waals surface area contributed by atoms with Gasteiger partial charge in [0.1, 0.15) is 5.82 Å². The van der Waals surface area contributed by atoms with Gasteiger partial charge >= 0.3 is 0 Å². The summed E-state index contributed by atoms with van der Waals surface area (Å²) in [6, 6.07) is 0. The van der Waals surface area contributed by atoms with Crippen LogP contribution < -0.4 is 5.73 Å². The molecule has 0 saturated carbocycles. The van der Waals surface area contributed by atoms with Gasteiger partial charge in [0.15, 0.2) is 11.6 Å². The van der Waals surface area contributed by atoms with Crippen LogP contribution in [0.4, 0.5) is 5.82 Å². The molecular formula is C11H14IN5. The van der Waals surface area contributed by atoms with Crippen molar-refractivity contribution >= 4 is 28.4 Å². The van der Waals surface area contributed by atoms with Gasteiger partial charge in [-0.3, -0.25) is 0 Å². The second-order valence-electron chi connectivity index (χ2n) is 3.80. The van der Waals surface area contributed by atoms with Crippen LogP contribution in [0.15, 0.2) is 12.4 Å². The molecule has 5 nitrogen and oxygen atoms in total. The van der Waals surface area contributed by atoms with Crippen LogP contribution in [0.1, 0.15) is 19.0 Å². The molecule has 0 amide bonds. The van der Waals surface area contributed by atoms with Crippen LogP contribution >= 0.6 is 22.6 Å². The number of aromatic nitrogens is 4. The third kappa shape index (κ3) is 2.41. The van der Waals surface area contributed by atoms with Crippen LogP contribution in [0.3, 0.4) is 0 Å². The molecular weight excluding hydrogens is 329 g/mol. The molecule has 0 radical (unpaired) electrons. The van der Waals surface area contributed by atoms with E-state index in [9.17, 15) is 0 Å². The summed E-state index contributed by atoms with van der Waals surface area (Å²) >= 11 is 2.19. The Hall–Kier alpha value is -1.18. The molecule has 0 aliphatic rings. The van der Waals surface area contributed by atoms with Gasteiger partial charge in [-0.2, -0.15) is 0 Å². The van der Waals surface area contributed by atoms with Crippen molar-refractivity contribution in [1.29, 1.82) is 0 Å². The highest BCUT2D eigenvalue weighted by atomic mass is 127. The summed E-state index contributed by atoms with van der Waals surface area (Å²) in [4.78, 5) is 13.1. The van der Waals surface area contributed by atoms with Crippen molar-refractivity contribution in [2.75, 3.05) is 5.73 Å². The predicted octanol–water partition coefficient (Wildman–Crippen LogP) is 2.02. The van der Waals surface area contributed by atoms with E-state index >= 15 is 0 Å². The summed E-state index contributed by atoms with van der Waals surface area (Å²) in [5, 5.41) is 0. The van der Waals surface area contributed by atoms with Gasteiger partial charge in [0, 0.05) is 19.4 Å². The second kappa shape index (κ2) is 4.99. The van der Waals surface area contributed by atoms with Crippen LogP contribution in [0.2, 0.25) is 0 Å². The van der Waals surface area contributed by atoms with Crippen LogP contribution in [0, 0.1) is 3.57 Å². The number of anilines is 1. The molecule has 2 rings (SSSR count). The number of nitrogens with two attached hydrogens (primary N) is 1. The summed E-state index contributed by atoms with van der Waals surface area (Å²) in [5.41, 5.74) is 6.91. The molecule has 2 aromatic heterocycles. The minimum atomic E-state index is 0.530. The van der Waals surface area contributed by atoms with Gasteiger partial charge in [0.25, 0.3) is 0 Å². The SMILES string of the molecule is CCCc1nc(-c2nccn2C)nc(N)c1I. The molecule has 0 aromatic carbocycles. The highest BCUT2D eigenvalue weighted by Gasteiger charge is 2.13. The summed E-state index contributed by atoms with van der Waals surface area (Å²) in [7, 11) is 1.92. The average molecular weight is 343 g/mol. The number of aryl methyl sites for hydroxylation is 2. The van der Waals surface area contributed by atoms with E-state index in [1.165, 1.54) is 0 Å². The van der Waals surface area contributed by atoms with Crippen LogP contribution in [0.5, 0.6) is 0 Å². The predicted molar refractivity (Wildman–Crippen MR) is 75.4 cm³/mol. The summed E-state index contributed by atoms with van der Waals surface area (Å²) in [5.74, 6) is 1.87. The number of hydrogen-bond donors (Lipinski definition) is 1. The Morgan fingerprint density at radius 3 is 2.76 bits per heavy atom. The van der Waals surface area contributed by atoms with E-state index in [1.807, 2.05) is 17.8 Å². The molecule has 0 fully saturated rings. The van der Waals surface area contributed by atoms with Crippen molar-refractivity contribution < 1.29 is 0 Å². The highest BCUT2D eigenvalue weighted by Crippen LogP contribution is 2.21. The smallest absolute Gasteiger partial charge is 0.198 e. The van der Waals surface area contributed by atoms with Gasteiger partial charge in [0.05, 0.1) is 9.26 Å². The average Bonchev–Trinajstić information content (AvgIpc) is 2.71. The molecule has 2 heterocycles. The van der Waals surface area contributed by atoms with Gasteiger partial charge in [0.2, 0.25) is 0 Å². The quantitative estimate of drug-likeness (QED) is 0.866. The Labute approximate surface area is 114 Å². The summed E-state index contributed by atoms with van der Waals surface area (Å²) < 4.78 is 2.83. The zero-order valence-corrected chi connectivity index (χ0v) is 12.0. The first-order chi connectivity index (χ1) is 8.13. The van der Waals surface area contributed by atoms with Crippen LogP contribution in [0.25, 0.3) is 11.6 Å². The summed E-state index contributed by atoms with van der Waals surface area (Å²) in [6.07, 6.45) is 5.54. The fourth-order valence-electron chi connectivity index (χ4n) is 1.60. The maximum Gasteiger partial charge on any atom is 0.198 e. The lowest BCUT2D eigenvalue weighted by molar-refractivity contribution is 0.853. The van der Waals surface area contributed by atoms with E-state index in [-0.39, 0.29) is 0 Å². The maximum atomic E-state index is 5.91. The van der Waals surface area contributed by atoms with Gasteiger partial charge < -0.3 is 10.3 Å². The van der Waals surface area contributed by atoms with Crippen molar-refractivity contribution in [3.8, 4) is 11.6 Å².